The average Bonchev–Trinajstić information content (AvgIpc) is 2.61. The third kappa shape index (κ3) is 3.97. The number of rotatable bonds is 5. The molecule has 132 valence electrons. The third-order valence-electron chi connectivity index (χ3n) is 3.60. The van der Waals surface area contributed by atoms with Crippen LogP contribution in [0, 0.1) is 5.82 Å². The van der Waals surface area contributed by atoms with Gasteiger partial charge in [-0.3, -0.25) is 4.79 Å². The molecule has 0 fully saturated rings. The lowest BCUT2D eigenvalue weighted by atomic mass is 10.1. The first-order chi connectivity index (χ1) is 12.4. The number of halogens is 2. The summed E-state index contributed by atoms with van der Waals surface area (Å²) in [6.07, 6.45) is 1.31. The Bertz CT molecular complexity index is 980. The van der Waals surface area contributed by atoms with E-state index < -0.39 is 5.82 Å². The molecule has 1 heterocycles. The summed E-state index contributed by atoms with van der Waals surface area (Å²) in [5, 5.41) is 5.91. The number of carbonyl (C=O) groups is 1. The van der Waals surface area contributed by atoms with Gasteiger partial charge in [0, 0.05) is 15.7 Å². The molecule has 0 aliphatic carbocycles. The Morgan fingerprint density at radius 2 is 1.85 bits per heavy atom. The number of Topliss-reactive ketones (excluding diaryl/α,β-unsaturated/α-hetero) is 1. The minimum Gasteiger partial charge on any atom is -0.393 e. The first-order valence-corrected chi connectivity index (χ1v) is 8.44. The molecule has 3 rings (SSSR count). The van der Waals surface area contributed by atoms with Gasteiger partial charge in [-0.15, -0.1) is 0 Å². The second-order valence-corrected chi connectivity index (χ2v) is 6.41. The first kappa shape index (κ1) is 17.8. The third-order valence-corrected chi connectivity index (χ3v) is 4.09. The van der Waals surface area contributed by atoms with Gasteiger partial charge in [0.25, 0.3) is 0 Å². The Hall–Kier alpha value is -3.00. The number of carbonyl (C=O) groups excluding carboxylic acids is 1. The van der Waals surface area contributed by atoms with Gasteiger partial charge in [-0.1, -0.05) is 28.1 Å². The molecule has 0 spiro atoms. The van der Waals surface area contributed by atoms with Crippen LogP contribution >= 0.6 is 15.9 Å². The van der Waals surface area contributed by atoms with Crippen LogP contribution in [-0.2, 0) is 0 Å². The van der Waals surface area contributed by atoms with Crippen molar-refractivity contribution >= 4 is 50.4 Å². The Morgan fingerprint density at radius 1 is 1.12 bits per heavy atom. The van der Waals surface area contributed by atoms with Gasteiger partial charge in [-0.05, 0) is 37.3 Å². The quantitative estimate of drug-likeness (QED) is 0.525. The lowest BCUT2D eigenvalue weighted by molar-refractivity contribution is 0.101. The van der Waals surface area contributed by atoms with Crippen molar-refractivity contribution in [3.05, 3.63) is 64.6 Å². The molecule has 0 atom stereocenters. The lowest BCUT2D eigenvalue weighted by Gasteiger charge is -2.13. The van der Waals surface area contributed by atoms with E-state index in [1.807, 2.05) is 0 Å². The number of nitrogens with zero attached hydrogens (tertiary/aromatic N) is 2. The van der Waals surface area contributed by atoms with Gasteiger partial charge in [0.05, 0.1) is 5.69 Å². The Balaban J connectivity index is 1.87. The van der Waals surface area contributed by atoms with Gasteiger partial charge >= 0.3 is 0 Å². The molecule has 0 bridgehead atoms. The fourth-order valence-corrected chi connectivity index (χ4v) is 2.60. The molecule has 0 unspecified atom stereocenters. The van der Waals surface area contributed by atoms with Crippen molar-refractivity contribution in [2.75, 3.05) is 16.4 Å². The second-order valence-electron chi connectivity index (χ2n) is 5.50. The number of nitrogens with two attached hydrogens (primary N) is 1. The molecule has 0 aliphatic heterocycles. The zero-order valence-corrected chi connectivity index (χ0v) is 15.3. The first-order valence-electron chi connectivity index (χ1n) is 7.64. The minimum atomic E-state index is -0.443. The molecule has 2 aromatic carbocycles. The van der Waals surface area contributed by atoms with Gasteiger partial charge in [-0.2, -0.15) is 0 Å². The highest BCUT2D eigenvalue weighted by Gasteiger charge is 2.11. The molecule has 0 radical (unpaired) electrons. The summed E-state index contributed by atoms with van der Waals surface area (Å²) in [5.74, 6) is 0.130. The van der Waals surface area contributed by atoms with Gasteiger partial charge in [0.1, 0.15) is 17.8 Å². The molecule has 0 saturated carbocycles. The van der Waals surface area contributed by atoms with Crippen molar-refractivity contribution in [2.45, 2.75) is 6.92 Å². The van der Waals surface area contributed by atoms with E-state index in [2.05, 4.69) is 36.5 Å². The smallest absolute Gasteiger partial charge is 0.159 e. The lowest BCUT2D eigenvalue weighted by Crippen LogP contribution is -2.06. The number of benzene rings is 2. The second kappa shape index (κ2) is 7.49. The van der Waals surface area contributed by atoms with Crippen molar-refractivity contribution in [3.63, 3.8) is 0 Å². The highest BCUT2D eigenvalue weighted by Crippen LogP contribution is 2.30. The zero-order valence-electron chi connectivity index (χ0n) is 13.8. The summed E-state index contributed by atoms with van der Waals surface area (Å²) in [7, 11) is 0. The van der Waals surface area contributed by atoms with Crippen molar-refractivity contribution < 1.29 is 9.18 Å². The van der Waals surface area contributed by atoms with Crippen LogP contribution in [-0.4, -0.2) is 15.8 Å². The van der Waals surface area contributed by atoms with E-state index in [4.69, 9.17) is 5.73 Å². The van der Waals surface area contributed by atoms with Gasteiger partial charge in [-0.25, -0.2) is 14.4 Å². The monoisotopic (exact) mass is 415 g/mol. The summed E-state index contributed by atoms with van der Waals surface area (Å²) in [6, 6.07) is 11.6. The average molecular weight is 416 g/mol. The van der Waals surface area contributed by atoms with Crippen LogP contribution in [0.5, 0.6) is 0 Å². The van der Waals surface area contributed by atoms with Crippen LogP contribution in [0.3, 0.4) is 0 Å². The standard InChI is InChI=1S/C18H15BrFN5O/c1-10(26)11-3-2-4-13(7-11)24-17-16(21)18(23-9-22-17)25-15-6-5-12(19)8-14(15)20/h2-9H,21H2,1H3,(H2,22,23,24,25). The summed E-state index contributed by atoms with van der Waals surface area (Å²) in [6.45, 7) is 1.49. The van der Waals surface area contributed by atoms with Crippen LogP contribution in [0.4, 0.5) is 33.1 Å². The SMILES string of the molecule is CC(=O)c1cccc(Nc2ncnc(Nc3ccc(Br)cc3F)c2N)c1. The Kier molecular flexibility index (Phi) is 5.13. The number of hydrogen-bond donors (Lipinski definition) is 3. The maximum absolute atomic E-state index is 14.0. The summed E-state index contributed by atoms with van der Waals surface area (Å²) in [4.78, 5) is 19.7. The van der Waals surface area contributed by atoms with E-state index in [0.717, 1.165) is 0 Å². The zero-order chi connectivity index (χ0) is 18.7. The fraction of sp³-hybridized carbons (Fsp3) is 0.0556. The van der Waals surface area contributed by atoms with Crippen LogP contribution in [0.25, 0.3) is 0 Å². The topological polar surface area (TPSA) is 92.9 Å². The number of aromatic nitrogens is 2. The van der Waals surface area contributed by atoms with Gasteiger partial charge in [0.2, 0.25) is 0 Å². The van der Waals surface area contributed by atoms with E-state index in [9.17, 15) is 9.18 Å². The van der Waals surface area contributed by atoms with Crippen molar-refractivity contribution in [1.29, 1.82) is 0 Å². The van der Waals surface area contributed by atoms with Gasteiger partial charge < -0.3 is 16.4 Å². The van der Waals surface area contributed by atoms with Gasteiger partial charge in [0.15, 0.2) is 17.4 Å². The van der Waals surface area contributed by atoms with Crippen LogP contribution in [0.2, 0.25) is 0 Å². The van der Waals surface area contributed by atoms with E-state index in [1.54, 1.807) is 36.4 Å². The van der Waals surface area contributed by atoms with E-state index in [0.29, 0.717) is 21.5 Å². The predicted octanol–water partition coefficient (Wildman–Crippen LogP) is 4.65. The van der Waals surface area contributed by atoms with Crippen LogP contribution in [0.15, 0.2) is 53.3 Å². The van der Waals surface area contributed by atoms with E-state index in [-0.39, 0.29) is 23.0 Å². The summed E-state index contributed by atoms with van der Waals surface area (Å²) >= 11 is 3.21. The number of nitrogens with one attached hydrogen (secondary N) is 2. The number of hydrogen-bond acceptors (Lipinski definition) is 6. The van der Waals surface area contributed by atoms with Crippen molar-refractivity contribution in [3.8, 4) is 0 Å². The summed E-state index contributed by atoms with van der Waals surface area (Å²) < 4.78 is 14.6. The molecule has 26 heavy (non-hydrogen) atoms. The molecule has 0 aliphatic rings. The molecule has 6 nitrogen and oxygen atoms in total. The summed E-state index contributed by atoms with van der Waals surface area (Å²) in [5.41, 5.74) is 7.80. The normalized spacial score (nSPS) is 10.4. The molecule has 8 heteroatoms. The molecule has 0 saturated heterocycles. The number of ketones is 1. The minimum absolute atomic E-state index is 0.0441. The molecular weight excluding hydrogens is 401 g/mol. The van der Waals surface area contributed by atoms with E-state index >= 15 is 0 Å². The Labute approximate surface area is 157 Å². The molecule has 3 aromatic rings. The fourth-order valence-electron chi connectivity index (χ4n) is 2.27. The molecule has 4 N–H and O–H groups in total. The predicted molar refractivity (Wildman–Crippen MR) is 104 cm³/mol. The van der Waals surface area contributed by atoms with Crippen molar-refractivity contribution in [2.24, 2.45) is 0 Å². The highest BCUT2D eigenvalue weighted by molar-refractivity contribution is 9.10. The maximum atomic E-state index is 14.0. The Morgan fingerprint density at radius 3 is 2.54 bits per heavy atom. The van der Waals surface area contributed by atoms with Crippen molar-refractivity contribution in [1.82, 2.24) is 9.97 Å². The molecule has 0 amide bonds. The number of anilines is 5. The maximum Gasteiger partial charge on any atom is 0.159 e. The largest absolute Gasteiger partial charge is 0.393 e. The molecule has 1 aromatic heterocycles. The van der Waals surface area contributed by atoms with Crippen LogP contribution in [0.1, 0.15) is 17.3 Å². The number of nitrogen functional groups attached to an aromatic ring is 1. The van der Waals surface area contributed by atoms with Crippen LogP contribution < -0.4 is 16.4 Å². The molecular formula is C18H15BrFN5O. The van der Waals surface area contributed by atoms with E-state index in [1.165, 1.54) is 19.3 Å². The highest BCUT2D eigenvalue weighted by atomic mass is 79.9.